The number of benzene rings is 1. The number of imidazole rings is 1. The lowest BCUT2D eigenvalue weighted by Gasteiger charge is -2.34. The van der Waals surface area contributed by atoms with Gasteiger partial charge in [-0.05, 0) is 18.1 Å². The minimum Gasteiger partial charge on any atom is -0.382 e. The van der Waals surface area contributed by atoms with Crippen LogP contribution in [0.15, 0.2) is 24.3 Å². The Morgan fingerprint density at radius 2 is 1.97 bits per heavy atom. The second-order valence-corrected chi connectivity index (χ2v) is 7.40. The number of aliphatic hydroxyl groups is 1. The third kappa shape index (κ3) is 4.45. The molecule has 1 fully saturated rings. The van der Waals surface area contributed by atoms with Crippen LogP contribution < -0.4 is 5.73 Å². The van der Waals surface area contributed by atoms with Crippen molar-refractivity contribution in [3.8, 4) is 23.2 Å². The zero-order valence-corrected chi connectivity index (χ0v) is 17.9. The maximum Gasteiger partial charge on any atom is 0.219 e. The van der Waals surface area contributed by atoms with E-state index in [2.05, 4.69) is 26.8 Å². The molecule has 1 saturated heterocycles. The van der Waals surface area contributed by atoms with Gasteiger partial charge in [0.25, 0.3) is 0 Å². The second-order valence-electron chi connectivity index (χ2n) is 7.40. The molecule has 0 bridgehead atoms. The number of aryl methyl sites for hydroxylation is 1. The van der Waals surface area contributed by atoms with Gasteiger partial charge in [-0.1, -0.05) is 18.1 Å². The zero-order chi connectivity index (χ0) is 21.5. The lowest BCUT2D eigenvalue weighted by atomic mass is 9.92. The number of aromatic nitrogens is 4. The summed E-state index contributed by atoms with van der Waals surface area (Å²) in [4.78, 5) is 26.2. The number of likely N-dealkylation sites (tertiary alicyclic amines) is 1. The Kier molecular flexibility index (Phi) is 6.15. The van der Waals surface area contributed by atoms with Crippen LogP contribution in [-0.4, -0.2) is 54.1 Å². The summed E-state index contributed by atoms with van der Waals surface area (Å²) in [5.41, 5.74) is 6.31. The number of fused-ring (bicyclic) bond motifs is 1. The van der Waals surface area contributed by atoms with E-state index in [1.165, 1.54) is 19.1 Å². The number of carbonyl (C=O) groups excluding carboxylic acids is 1. The number of rotatable bonds is 1. The first-order valence-corrected chi connectivity index (χ1v) is 9.53. The number of anilines is 1. The minimum absolute atomic E-state index is 0. The van der Waals surface area contributed by atoms with Crippen molar-refractivity contribution in [2.24, 2.45) is 7.05 Å². The predicted octanol–water partition coefficient (Wildman–Crippen LogP) is 1.90. The van der Waals surface area contributed by atoms with Gasteiger partial charge in [-0.25, -0.2) is 19.3 Å². The van der Waals surface area contributed by atoms with Gasteiger partial charge in [0.15, 0.2) is 17.0 Å². The third-order valence-corrected chi connectivity index (χ3v) is 5.27. The summed E-state index contributed by atoms with van der Waals surface area (Å²) in [7, 11) is 1.75. The van der Waals surface area contributed by atoms with E-state index >= 15 is 0 Å². The molecule has 0 spiro atoms. The fourth-order valence-electron chi connectivity index (χ4n) is 3.51. The maximum absolute atomic E-state index is 13.6. The van der Waals surface area contributed by atoms with Crippen molar-refractivity contribution in [2.75, 3.05) is 18.8 Å². The van der Waals surface area contributed by atoms with E-state index in [1.54, 1.807) is 28.6 Å². The molecule has 10 heteroatoms. The molecule has 0 radical (unpaired) electrons. The number of nitrogens with two attached hydrogens (primary N) is 1. The topological polar surface area (TPSA) is 110 Å². The number of carbonyl (C=O) groups is 1. The van der Waals surface area contributed by atoms with Gasteiger partial charge in [-0.15, -0.1) is 12.4 Å². The summed E-state index contributed by atoms with van der Waals surface area (Å²) in [5, 5.41) is 10.7. The number of halogens is 2. The van der Waals surface area contributed by atoms with Crippen LogP contribution in [0.3, 0.4) is 0 Å². The van der Waals surface area contributed by atoms with Crippen molar-refractivity contribution < 1.29 is 14.3 Å². The largest absolute Gasteiger partial charge is 0.382 e. The molecule has 1 amide bonds. The SMILES string of the molecule is CC(=O)N1CCC(O)(C#Cc2nc(N)c3nc(-c4cccc(F)c4)n(C)c3n2)CC1.Cl. The van der Waals surface area contributed by atoms with Crippen molar-refractivity contribution in [1.29, 1.82) is 0 Å². The Balaban J connectivity index is 0.00000272. The van der Waals surface area contributed by atoms with Gasteiger partial charge in [0, 0.05) is 45.5 Å². The Morgan fingerprint density at radius 1 is 1.26 bits per heavy atom. The van der Waals surface area contributed by atoms with Crippen LogP contribution in [0, 0.1) is 17.7 Å². The number of nitrogens with zero attached hydrogens (tertiary/aromatic N) is 5. The van der Waals surface area contributed by atoms with Gasteiger partial charge in [0.05, 0.1) is 0 Å². The van der Waals surface area contributed by atoms with Crippen molar-refractivity contribution >= 4 is 35.3 Å². The highest BCUT2D eigenvalue weighted by Gasteiger charge is 2.31. The van der Waals surface area contributed by atoms with Gasteiger partial charge in [0.1, 0.15) is 17.2 Å². The summed E-state index contributed by atoms with van der Waals surface area (Å²) in [6.07, 6.45) is 0.708. The van der Waals surface area contributed by atoms with Gasteiger partial charge >= 0.3 is 0 Å². The molecule has 1 aromatic carbocycles. The van der Waals surface area contributed by atoms with E-state index in [0.29, 0.717) is 48.5 Å². The highest BCUT2D eigenvalue weighted by atomic mass is 35.5. The molecule has 31 heavy (non-hydrogen) atoms. The van der Waals surface area contributed by atoms with Gasteiger partial charge < -0.3 is 20.3 Å². The summed E-state index contributed by atoms with van der Waals surface area (Å²) < 4.78 is 15.3. The minimum atomic E-state index is -1.21. The molecule has 0 atom stereocenters. The van der Waals surface area contributed by atoms with Crippen LogP contribution in [0.25, 0.3) is 22.6 Å². The molecule has 4 rings (SSSR count). The highest BCUT2D eigenvalue weighted by molar-refractivity contribution is 5.86. The highest BCUT2D eigenvalue weighted by Crippen LogP contribution is 2.26. The molecule has 0 saturated carbocycles. The van der Waals surface area contributed by atoms with Crippen molar-refractivity contribution in [1.82, 2.24) is 24.4 Å². The number of piperidine rings is 1. The Labute approximate surface area is 184 Å². The monoisotopic (exact) mass is 444 g/mol. The average Bonchev–Trinajstić information content (AvgIpc) is 3.04. The molecule has 0 aliphatic carbocycles. The first-order chi connectivity index (χ1) is 14.3. The third-order valence-electron chi connectivity index (χ3n) is 5.27. The average molecular weight is 445 g/mol. The van der Waals surface area contributed by atoms with Crippen LogP contribution in [-0.2, 0) is 11.8 Å². The maximum atomic E-state index is 13.6. The summed E-state index contributed by atoms with van der Waals surface area (Å²) in [6.45, 7) is 2.40. The molecule has 1 aliphatic rings. The Bertz CT molecular complexity index is 1210. The second kappa shape index (κ2) is 8.49. The molecule has 1 aliphatic heterocycles. The fourth-order valence-corrected chi connectivity index (χ4v) is 3.51. The molecule has 3 N–H and O–H groups in total. The molecule has 2 aromatic heterocycles. The lowest BCUT2D eigenvalue weighted by Crippen LogP contribution is -2.45. The Hall–Kier alpha value is -3.22. The molecule has 0 unspecified atom stereocenters. The summed E-state index contributed by atoms with van der Waals surface area (Å²) in [6, 6.07) is 6.10. The van der Waals surface area contributed by atoms with Gasteiger partial charge in [-0.3, -0.25) is 4.79 Å². The van der Waals surface area contributed by atoms with E-state index < -0.39 is 5.60 Å². The van der Waals surface area contributed by atoms with Crippen LogP contribution in [0.2, 0.25) is 0 Å². The molecular weight excluding hydrogens is 423 g/mol. The van der Waals surface area contributed by atoms with E-state index in [9.17, 15) is 14.3 Å². The number of amides is 1. The van der Waals surface area contributed by atoms with Crippen molar-refractivity contribution in [3.05, 3.63) is 35.9 Å². The number of hydrogen-bond acceptors (Lipinski definition) is 6. The fraction of sp³-hybridized carbons (Fsp3) is 0.333. The van der Waals surface area contributed by atoms with E-state index in [1.807, 2.05) is 0 Å². The lowest BCUT2D eigenvalue weighted by molar-refractivity contribution is -0.131. The van der Waals surface area contributed by atoms with Gasteiger partial charge in [0.2, 0.25) is 11.7 Å². The van der Waals surface area contributed by atoms with E-state index in [-0.39, 0.29) is 35.8 Å². The van der Waals surface area contributed by atoms with E-state index in [4.69, 9.17) is 5.73 Å². The first kappa shape index (κ1) is 22.5. The van der Waals surface area contributed by atoms with Crippen LogP contribution >= 0.6 is 12.4 Å². The van der Waals surface area contributed by atoms with Crippen LogP contribution in [0.1, 0.15) is 25.6 Å². The first-order valence-electron chi connectivity index (χ1n) is 9.53. The number of nitrogen functional groups attached to an aromatic ring is 1. The molecule has 3 aromatic rings. The van der Waals surface area contributed by atoms with Crippen molar-refractivity contribution in [2.45, 2.75) is 25.4 Å². The molecule has 3 heterocycles. The summed E-state index contributed by atoms with van der Waals surface area (Å²) in [5.74, 6) is 6.09. The quantitative estimate of drug-likeness (QED) is 0.555. The zero-order valence-electron chi connectivity index (χ0n) is 17.1. The van der Waals surface area contributed by atoms with E-state index in [0.717, 1.165) is 0 Å². The Morgan fingerprint density at radius 3 is 2.61 bits per heavy atom. The number of hydrogen-bond donors (Lipinski definition) is 2. The normalized spacial score (nSPS) is 15.2. The standard InChI is InChI=1S/C21H21FN6O2.ClH/c1-13(29)28-10-8-21(30,9-11-28)7-6-16-24-18(23)17-20(25-16)27(2)19(26-17)14-4-3-5-15(22)12-14;/h3-5,12,30H,8-11H2,1-2H3,(H2,23,24,25);1H. The van der Waals surface area contributed by atoms with Gasteiger partial charge in [-0.2, -0.15) is 0 Å². The van der Waals surface area contributed by atoms with Crippen LogP contribution in [0.4, 0.5) is 10.2 Å². The predicted molar refractivity (Wildman–Crippen MR) is 117 cm³/mol. The smallest absolute Gasteiger partial charge is 0.219 e. The van der Waals surface area contributed by atoms with Crippen molar-refractivity contribution in [3.63, 3.8) is 0 Å². The van der Waals surface area contributed by atoms with Crippen LogP contribution in [0.5, 0.6) is 0 Å². The molecule has 8 nitrogen and oxygen atoms in total. The summed E-state index contributed by atoms with van der Waals surface area (Å²) >= 11 is 0. The molecule has 162 valence electrons. The molecular formula is C21H22ClFN6O2.